The number of ether oxygens (including phenoxy) is 1. The second-order valence-corrected chi connectivity index (χ2v) is 4.30. The van der Waals surface area contributed by atoms with Crippen LogP contribution in [0, 0.1) is 11.6 Å². The molecule has 1 heterocycles. The highest BCUT2D eigenvalue weighted by Gasteiger charge is 2.07. The normalized spacial score (nSPS) is 10.2. The average molecular weight is 277 g/mol. The molecule has 2 aromatic rings. The van der Waals surface area contributed by atoms with E-state index in [0.717, 1.165) is 11.8 Å². The number of hydrogen-bond donors (Lipinski definition) is 0. The predicted octanol–water partition coefficient (Wildman–Crippen LogP) is 3.45. The highest BCUT2D eigenvalue weighted by Crippen LogP contribution is 2.17. The van der Waals surface area contributed by atoms with Gasteiger partial charge in [0.1, 0.15) is 12.4 Å². The first kappa shape index (κ1) is 14.0. The molecule has 0 unspecified atom stereocenters. The molecule has 2 rings (SSSR count). The summed E-state index contributed by atoms with van der Waals surface area (Å²) < 4.78 is 31.5. The Labute approximate surface area is 115 Å². The van der Waals surface area contributed by atoms with E-state index < -0.39 is 5.82 Å². The number of halogens is 2. The molecule has 0 bridgehead atoms. The summed E-state index contributed by atoms with van der Waals surface area (Å²) in [7, 11) is 0. The summed E-state index contributed by atoms with van der Waals surface area (Å²) in [6, 6.07) is 5.87. The molecule has 0 saturated heterocycles. The van der Waals surface area contributed by atoms with E-state index in [9.17, 15) is 8.78 Å². The van der Waals surface area contributed by atoms with Crippen molar-refractivity contribution in [3.63, 3.8) is 0 Å². The van der Waals surface area contributed by atoms with Crippen LogP contribution >= 0.6 is 0 Å². The van der Waals surface area contributed by atoms with Gasteiger partial charge in [0.05, 0.1) is 6.20 Å². The number of aliphatic imine (C=N–C) groups is 1. The van der Waals surface area contributed by atoms with Gasteiger partial charge in [0.25, 0.3) is 0 Å². The molecule has 0 fully saturated rings. The monoisotopic (exact) mass is 277 g/mol. The molecule has 20 heavy (non-hydrogen) atoms. The molecule has 4 nitrogen and oxygen atoms in total. The fraction of sp³-hybridized carbons (Fsp3) is 0.214. The van der Waals surface area contributed by atoms with Crippen molar-refractivity contribution in [1.29, 1.82) is 0 Å². The van der Waals surface area contributed by atoms with E-state index in [1.807, 2.05) is 0 Å². The molecule has 0 aliphatic heterocycles. The maximum atomic E-state index is 13.4. The lowest BCUT2D eigenvalue weighted by Gasteiger charge is -2.05. The minimum absolute atomic E-state index is 0.0238. The van der Waals surface area contributed by atoms with Crippen LogP contribution in [0.3, 0.4) is 0 Å². The van der Waals surface area contributed by atoms with Crippen molar-refractivity contribution in [1.82, 2.24) is 9.97 Å². The van der Waals surface area contributed by atoms with Gasteiger partial charge < -0.3 is 4.74 Å². The number of aromatic nitrogens is 2. The van der Waals surface area contributed by atoms with Crippen LogP contribution in [-0.4, -0.2) is 15.7 Å². The van der Waals surface area contributed by atoms with Crippen LogP contribution in [0.2, 0.25) is 0 Å². The first-order valence-corrected chi connectivity index (χ1v) is 5.96. The second kappa shape index (κ2) is 6.18. The van der Waals surface area contributed by atoms with Gasteiger partial charge >= 0.3 is 6.01 Å². The molecule has 0 radical (unpaired) electrons. The lowest BCUT2D eigenvalue weighted by Crippen LogP contribution is -2.00. The van der Waals surface area contributed by atoms with Crippen LogP contribution in [-0.2, 0) is 6.61 Å². The molecule has 6 heteroatoms. The Morgan fingerprint density at radius 2 is 1.90 bits per heavy atom. The molecule has 0 aliphatic rings. The van der Waals surface area contributed by atoms with Crippen molar-refractivity contribution in [2.24, 2.45) is 4.99 Å². The second-order valence-electron chi connectivity index (χ2n) is 4.30. The summed E-state index contributed by atoms with van der Waals surface area (Å²) in [5, 5.41) is 0. The Hall–Kier alpha value is -2.37. The van der Waals surface area contributed by atoms with Gasteiger partial charge in [-0.15, -0.1) is 0 Å². The predicted molar refractivity (Wildman–Crippen MR) is 71.2 cm³/mol. The summed E-state index contributed by atoms with van der Waals surface area (Å²) in [6.07, 6.45) is 1.01. The first-order chi connectivity index (χ1) is 9.54. The summed E-state index contributed by atoms with van der Waals surface area (Å²) in [4.78, 5) is 11.5. The number of benzene rings is 1. The van der Waals surface area contributed by atoms with E-state index in [1.165, 1.54) is 12.1 Å². The van der Waals surface area contributed by atoms with Gasteiger partial charge in [0.15, 0.2) is 11.6 Å². The third-order valence-electron chi connectivity index (χ3n) is 2.31. The molecular weight excluding hydrogens is 264 g/mol. The standard InChI is InChI=1S/C14H13F2N3O/c1-9(2)18-13-12(16)7-17-14(19-13)20-8-10-3-5-11(15)6-4-10/h3-7H,8H2,1-2H3. The minimum atomic E-state index is -0.611. The van der Waals surface area contributed by atoms with Crippen molar-refractivity contribution in [3.05, 3.63) is 47.7 Å². The lowest BCUT2D eigenvalue weighted by molar-refractivity contribution is 0.279. The Morgan fingerprint density at radius 3 is 2.55 bits per heavy atom. The Bertz CT molecular complexity index is 623. The highest BCUT2D eigenvalue weighted by molar-refractivity contribution is 5.81. The zero-order valence-corrected chi connectivity index (χ0v) is 11.1. The SMILES string of the molecule is CC(C)=Nc1nc(OCc2ccc(F)cc2)ncc1F. The molecule has 0 spiro atoms. The fourth-order valence-corrected chi connectivity index (χ4v) is 1.43. The molecular formula is C14H13F2N3O. The van der Waals surface area contributed by atoms with Crippen molar-refractivity contribution < 1.29 is 13.5 Å². The van der Waals surface area contributed by atoms with Gasteiger partial charge in [-0.3, -0.25) is 0 Å². The van der Waals surface area contributed by atoms with Crippen molar-refractivity contribution >= 4 is 11.5 Å². The molecule has 1 aromatic heterocycles. The van der Waals surface area contributed by atoms with Gasteiger partial charge in [0.2, 0.25) is 0 Å². The molecule has 0 amide bonds. The smallest absolute Gasteiger partial charge is 0.318 e. The van der Waals surface area contributed by atoms with Gasteiger partial charge in [-0.05, 0) is 31.5 Å². The lowest BCUT2D eigenvalue weighted by atomic mass is 10.2. The average Bonchev–Trinajstić information content (AvgIpc) is 2.41. The molecule has 0 aliphatic carbocycles. The van der Waals surface area contributed by atoms with Crippen LogP contribution in [0.15, 0.2) is 35.5 Å². The molecule has 0 atom stereocenters. The zero-order valence-electron chi connectivity index (χ0n) is 11.1. The van der Waals surface area contributed by atoms with E-state index in [-0.39, 0.29) is 24.3 Å². The van der Waals surface area contributed by atoms with Gasteiger partial charge in [-0.2, -0.15) is 4.98 Å². The highest BCUT2D eigenvalue weighted by atomic mass is 19.1. The third kappa shape index (κ3) is 3.81. The third-order valence-corrected chi connectivity index (χ3v) is 2.31. The number of rotatable bonds is 4. The van der Waals surface area contributed by atoms with Crippen LogP contribution in [0.4, 0.5) is 14.6 Å². The van der Waals surface area contributed by atoms with Gasteiger partial charge in [0, 0.05) is 5.71 Å². The number of nitrogens with zero attached hydrogens (tertiary/aromatic N) is 3. The quantitative estimate of drug-likeness (QED) is 0.804. The van der Waals surface area contributed by atoms with E-state index >= 15 is 0 Å². The topological polar surface area (TPSA) is 47.4 Å². The van der Waals surface area contributed by atoms with E-state index in [0.29, 0.717) is 5.71 Å². The van der Waals surface area contributed by atoms with Crippen LogP contribution in [0.25, 0.3) is 0 Å². The number of hydrogen-bond acceptors (Lipinski definition) is 4. The van der Waals surface area contributed by atoms with E-state index in [2.05, 4.69) is 15.0 Å². The van der Waals surface area contributed by atoms with Crippen LogP contribution in [0.5, 0.6) is 6.01 Å². The Kier molecular flexibility index (Phi) is 4.34. The van der Waals surface area contributed by atoms with Crippen molar-refractivity contribution in [2.75, 3.05) is 0 Å². The van der Waals surface area contributed by atoms with Crippen LogP contribution < -0.4 is 4.74 Å². The van der Waals surface area contributed by atoms with Crippen molar-refractivity contribution in [3.8, 4) is 6.01 Å². The van der Waals surface area contributed by atoms with Crippen molar-refractivity contribution in [2.45, 2.75) is 20.5 Å². The molecule has 0 saturated carbocycles. The fourth-order valence-electron chi connectivity index (χ4n) is 1.43. The Morgan fingerprint density at radius 1 is 1.20 bits per heavy atom. The van der Waals surface area contributed by atoms with Gasteiger partial charge in [-0.25, -0.2) is 18.8 Å². The first-order valence-electron chi connectivity index (χ1n) is 5.96. The summed E-state index contributed by atoms with van der Waals surface area (Å²) in [6.45, 7) is 3.64. The van der Waals surface area contributed by atoms with E-state index in [1.54, 1.807) is 26.0 Å². The summed E-state index contributed by atoms with van der Waals surface area (Å²) >= 11 is 0. The maximum absolute atomic E-state index is 13.4. The maximum Gasteiger partial charge on any atom is 0.318 e. The largest absolute Gasteiger partial charge is 0.459 e. The zero-order chi connectivity index (χ0) is 14.5. The Balaban J connectivity index is 2.10. The van der Waals surface area contributed by atoms with E-state index in [4.69, 9.17) is 4.74 Å². The summed E-state index contributed by atoms with van der Waals surface area (Å²) in [5.74, 6) is -0.990. The summed E-state index contributed by atoms with van der Waals surface area (Å²) in [5.41, 5.74) is 1.43. The molecule has 104 valence electrons. The molecule has 1 aromatic carbocycles. The minimum Gasteiger partial charge on any atom is -0.459 e. The van der Waals surface area contributed by atoms with Gasteiger partial charge in [-0.1, -0.05) is 12.1 Å². The molecule has 0 N–H and O–H groups in total. The van der Waals surface area contributed by atoms with Crippen LogP contribution in [0.1, 0.15) is 19.4 Å².